The summed E-state index contributed by atoms with van der Waals surface area (Å²) < 4.78 is 39.4. The van der Waals surface area contributed by atoms with Gasteiger partial charge in [0.05, 0.1) is 25.2 Å². The van der Waals surface area contributed by atoms with Crippen LogP contribution in [0, 0.1) is 5.92 Å². The molecule has 7 nitrogen and oxygen atoms in total. The normalized spacial score (nSPS) is 24.3. The third-order valence-electron chi connectivity index (χ3n) is 6.51. The Kier molecular flexibility index (Phi) is 6.14. The van der Waals surface area contributed by atoms with Crippen molar-refractivity contribution in [1.29, 1.82) is 0 Å². The largest absolute Gasteiger partial charge is 0.490 e. The van der Waals surface area contributed by atoms with Gasteiger partial charge in [-0.15, -0.1) is 11.3 Å². The van der Waals surface area contributed by atoms with Gasteiger partial charge in [0.25, 0.3) is 10.0 Å². The van der Waals surface area contributed by atoms with Crippen LogP contribution in [-0.4, -0.2) is 56.4 Å². The van der Waals surface area contributed by atoms with Crippen molar-refractivity contribution >= 4 is 27.3 Å². The standard InChI is InChI=1S/C23H28N2O5S2/c26-23(18-5-1-10-24(16-18)32(27,28)22-7-3-14-31-22)25-11-2-6-19(25)17-8-9-20-21(15-17)30-13-4-12-29-20/h3,7-9,14-15,18-19H,1-2,4-6,10-13,16H2/t18-,19-/m1/s1. The topological polar surface area (TPSA) is 76.2 Å². The van der Waals surface area contributed by atoms with Crippen LogP contribution in [0.4, 0.5) is 0 Å². The number of sulfonamides is 1. The summed E-state index contributed by atoms with van der Waals surface area (Å²) in [5.41, 5.74) is 1.05. The molecule has 5 rings (SSSR count). The molecule has 32 heavy (non-hydrogen) atoms. The summed E-state index contributed by atoms with van der Waals surface area (Å²) in [6, 6.07) is 9.33. The van der Waals surface area contributed by atoms with Crippen LogP contribution in [0.1, 0.15) is 43.7 Å². The summed E-state index contributed by atoms with van der Waals surface area (Å²) >= 11 is 1.22. The zero-order valence-corrected chi connectivity index (χ0v) is 19.6. The van der Waals surface area contributed by atoms with Gasteiger partial charge in [0.15, 0.2) is 11.5 Å². The monoisotopic (exact) mass is 476 g/mol. The van der Waals surface area contributed by atoms with Crippen molar-refractivity contribution in [3.63, 3.8) is 0 Å². The minimum atomic E-state index is -3.54. The molecular formula is C23H28N2O5S2. The summed E-state index contributed by atoms with van der Waals surface area (Å²) in [5, 5.41) is 1.77. The fraction of sp³-hybridized carbons (Fsp3) is 0.522. The van der Waals surface area contributed by atoms with Crippen LogP contribution in [-0.2, 0) is 14.8 Å². The van der Waals surface area contributed by atoms with E-state index in [4.69, 9.17) is 9.47 Å². The molecule has 172 valence electrons. The molecule has 1 aromatic carbocycles. The van der Waals surface area contributed by atoms with E-state index in [1.807, 2.05) is 23.1 Å². The highest BCUT2D eigenvalue weighted by Crippen LogP contribution is 2.39. The summed E-state index contributed by atoms with van der Waals surface area (Å²) in [6.07, 6.45) is 4.11. The van der Waals surface area contributed by atoms with Crippen molar-refractivity contribution in [2.45, 2.75) is 42.4 Å². The fourth-order valence-electron chi connectivity index (χ4n) is 4.90. The van der Waals surface area contributed by atoms with E-state index in [0.29, 0.717) is 36.9 Å². The SMILES string of the molecule is O=C([C@@H]1CCCN(S(=O)(=O)c2cccs2)C1)N1CCC[C@@H]1c1ccc2c(c1)OCCCO2. The quantitative estimate of drug-likeness (QED) is 0.673. The molecule has 2 atom stereocenters. The first-order valence-corrected chi connectivity index (χ1v) is 13.6. The maximum absolute atomic E-state index is 13.5. The van der Waals surface area contributed by atoms with E-state index in [1.54, 1.807) is 17.5 Å². The summed E-state index contributed by atoms with van der Waals surface area (Å²) in [7, 11) is -3.54. The Balaban J connectivity index is 1.33. The molecule has 2 fully saturated rings. The van der Waals surface area contributed by atoms with Crippen molar-refractivity contribution in [2.24, 2.45) is 5.92 Å². The number of amides is 1. The first-order chi connectivity index (χ1) is 15.5. The van der Waals surface area contributed by atoms with Crippen LogP contribution in [0.5, 0.6) is 11.5 Å². The number of carbonyl (C=O) groups excluding carboxylic acids is 1. The van der Waals surface area contributed by atoms with Gasteiger partial charge in [-0.1, -0.05) is 12.1 Å². The van der Waals surface area contributed by atoms with Gasteiger partial charge in [-0.25, -0.2) is 8.42 Å². The Labute approximate surface area is 193 Å². The Morgan fingerprint density at radius 3 is 2.62 bits per heavy atom. The number of likely N-dealkylation sites (tertiary alicyclic amines) is 1. The Morgan fingerprint density at radius 1 is 1.00 bits per heavy atom. The van der Waals surface area contributed by atoms with Crippen LogP contribution >= 0.6 is 11.3 Å². The summed E-state index contributed by atoms with van der Waals surface area (Å²) in [4.78, 5) is 15.5. The van der Waals surface area contributed by atoms with Crippen LogP contribution < -0.4 is 9.47 Å². The van der Waals surface area contributed by atoms with Gasteiger partial charge >= 0.3 is 0 Å². The Bertz CT molecular complexity index is 1070. The van der Waals surface area contributed by atoms with E-state index in [-0.39, 0.29) is 24.4 Å². The molecule has 1 amide bonds. The van der Waals surface area contributed by atoms with Crippen molar-refractivity contribution in [3.8, 4) is 11.5 Å². The maximum atomic E-state index is 13.5. The van der Waals surface area contributed by atoms with E-state index in [0.717, 1.165) is 42.7 Å². The molecule has 3 aliphatic heterocycles. The highest BCUT2D eigenvalue weighted by Gasteiger charge is 2.39. The average Bonchev–Trinajstić information content (AvgIpc) is 3.48. The highest BCUT2D eigenvalue weighted by atomic mass is 32.2. The molecule has 9 heteroatoms. The molecule has 2 aromatic rings. The number of hydrogen-bond acceptors (Lipinski definition) is 6. The molecule has 0 aliphatic carbocycles. The number of thiophene rings is 1. The van der Waals surface area contributed by atoms with Gasteiger partial charge in [-0.2, -0.15) is 4.31 Å². The average molecular weight is 477 g/mol. The molecule has 0 unspecified atom stereocenters. The van der Waals surface area contributed by atoms with E-state index in [2.05, 4.69) is 0 Å². The molecule has 3 aliphatic rings. The zero-order chi connectivity index (χ0) is 22.1. The molecule has 0 radical (unpaired) electrons. The molecule has 4 heterocycles. The predicted octanol–water partition coefficient (Wildman–Crippen LogP) is 3.67. The molecule has 0 bridgehead atoms. The van der Waals surface area contributed by atoms with Gasteiger partial charge < -0.3 is 14.4 Å². The van der Waals surface area contributed by atoms with Crippen LogP contribution in [0.3, 0.4) is 0 Å². The first-order valence-electron chi connectivity index (χ1n) is 11.3. The Morgan fingerprint density at radius 2 is 1.81 bits per heavy atom. The van der Waals surface area contributed by atoms with Crippen molar-refractivity contribution in [1.82, 2.24) is 9.21 Å². The number of ether oxygens (including phenoxy) is 2. The van der Waals surface area contributed by atoms with E-state index < -0.39 is 10.0 Å². The van der Waals surface area contributed by atoms with Gasteiger partial charge in [-0.05, 0) is 54.8 Å². The smallest absolute Gasteiger partial charge is 0.252 e. The second kappa shape index (κ2) is 9.03. The van der Waals surface area contributed by atoms with Gasteiger partial charge in [0, 0.05) is 26.1 Å². The molecular weight excluding hydrogens is 448 g/mol. The second-order valence-electron chi connectivity index (χ2n) is 8.58. The molecule has 1 aromatic heterocycles. The molecule has 0 saturated carbocycles. The summed E-state index contributed by atoms with van der Waals surface area (Å²) in [6.45, 7) is 2.69. The number of fused-ring (bicyclic) bond motifs is 1. The lowest BCUT2D eigenvalue weighted by atomic mass is 9.96. The number of rotatable bonds is 4. The number of benzene rings is 1. The number of piperidine rings is 1. The van der Waals surface area contributed by atoms with Gasteiger partial charge in [0.2, 0.25) is 5.91 Å². The van der Waals surface area contributed by atoms with Crippen LogP contribution in [0.2, 0.25) is 0 Å². The number of nitrogens with zero attached hydrogens (tertiary/aromatic N) is 2. The third-order valence-corrected chi connectivity index (χ3v) is 9.75. The zero-order valence-electron chi connectivity index (χ0n) is 17.9. The van der Waals surface area contributed by atoms with Crippen LogP contribution in [0.25, 0.3) is 0 Å². The second-order valence-corrected chi connectivity index (χ2v) is 11.7. The van der Waals surface area contributed by atoms with Crippen LogP contribution in [0.15, 0.2) is 39.9 Å². The van der Waals surface area contributed by atoms with Crippen molar-refractivity contribution in [3.05, 3.63) is 41.3 Å². The van der Waals surface area contributed by atoms with E-state index in [1.165, 1.54) is 15.6 Å². The van der Waals surface area contributed by atoms with Crippen molar-refractivity contribution in [2.75, 3.05) is 32.8 Å². The lowest BCUT2D eigenvalue weighted by Crippen LogP contribution is -2.46. The summed E-state index contributed by atoms with van der Waals surface area (Å²) in [5.74, 6) is 1.25. The van der Waals surface area contributed by atoms with E-state index >= 15 is 0 Å². The third kappa shape index (κ3) is 4.13. The molecule has 0 N–H and O–H groups in total. The fourth-order valence-corrected chi connectivity index (χ4v) is 7.57. The number of hydrogen-bond donors (Lipinski definition) is 0. The maximum Gasteiger partial charge on any atom is 0.252 e. The first kappa shape index (κ1) is 21.7. The number of carbonyl (C=O) groups is 1. The van der Waals surface area contributed by atoms with E-state index in [9.17, 15) is 13.2 Å². The lowest BCUT2D eigenvalue weighted by Gasteiger charge is -2.35. The highest BCUT2D eigenvalue weighted by molar-refractivity contribution is 7.91. The molecule has 0 spiro atoms. The lowest BCUT2D eigenvalue weighted by molar-refractivity contribution is -0.137. The van der Waals surface area contributed by atoms with Crippen molar-refractivity contribution < 1.29 is 22.7 Å². The predicted molar refractivity (Wildman–Crippen MR) is 122 cm³/mol. The Hall–Kier alpha value is -2.10. The minimum Gasteiger partial charge on any atom is -0.490 e. The van der Waals surface area contributed by atoms with Gasteiger partial charge in [0.1, 0.15) is 4.21 Å². The molecule has 2 saturated heterocycles. The van der Waals surface area contributed by atoms with Gasteiger partial charge in [-0.3, -0.25) is 4.79 Å². The minimum absolute atomic E-state index is 0.0102.